The van der Waals surface area contributed by atoms with E-state index in [0.29, 0.717) is 10.4 Å². The third-order valence-corrected chi connectivity index (χ3v) is 6.31. The van der Waals surface area contributed by atoms with Crippen molar-refractivity contribution in [2.45, 2.75) is 0 Å². The topological polar surface area (TPSA) is 85.6 Å². The van der Waals surface area contributed by atoms with E-state index in [4.69, 9.17) is 14.7 Å². The second-order valence-electron chi connectivity index (χ2n) is 4.69. The van der Waals surface area contributed by atoms with Crippen LogP contribution in [0.2, 0.25) is 0 Å². The van der Waals surface area contributed by atoms with Crippen LogP contribution in [-0.2, 0) is 9.53 Å². The summed E-state index contributed by atoms with van der Waals surface area (Å²) in [4.78, 5) is 24.1. The van der Waals surface area contributed by atoms with Crippen molar-refractivity contribution in [3.63, 3.8) is 0 Å². The summed E-state index contributed by atoms with van der Waals surface area (Å²) < 4.78 is 16.7. The lowest BCUT2D eigenvalue weighted by Gasteiger charge is -2.09. The summed E-state index contributed by atoms with van der Waals surface area (Å²) in [5.41, 5.74) is 0.359. The van der Waals surface area contributed by atoms with E-state index >= 15 is 0 Å². The van der Waals surface area contributed by atoms with Crippen LogP contribution in [0.1, 0.15) is 15.2 Å². The second kappa shape index (κ2) is 8.98. The highest BCUT2D eigenvalue weighted by molar-refractivity contribution is 9.13. The highest BCUT2D eigenvalue weighted by atomic mass is 79.9. The van der Waals surface area contributed by atoms with Gasteiger partial charge in [-0.25, -0.2) is 9.59 Å². The molecule has 9 heteroatoms. The molecule has 0 aliphatic carbocycles. The first-order valence-corrected chi connectivity index (χ1v) is 9.35. The summed E-state index contributed by atoms with van der Waals surface area (Å²) in [6.07, 6.45) is 1.35. The largest absolute Gasteiger partial charge is 0.493 e. The Morgan fingerprint density at radius 2 is 1.92 bits per heavy atom. The number of thiophene rings is 1. The smallest absolute Gasteiger partial charge is 0.353 e. The van der Waals surface area contributed by atoms with E-state index in [1.807, 2.05) is 0 Å². The molecule has 0 fully saturated rings. The molecule has 0 saturated carbocycles. The molecule has 1 aromatic carbocycles. The van der Waals surface area contributed by atoms with Crippen molar-refractivity contribution in [1.29, 1.82) is 5.26 Å². The van der Waals surface area contributed by atoms with E-state index in [1.54, 1.807) is 24.3 Å². The first-order valence-electron chi connectivity index (χ1n) is 6.94. The van der Waals surface area contributed by atoms with Gasteiger partial charge in [-0.05, 0) is 61.7 Å². The number of hydrogen-bond acceptors (Lipinski definition) is 7. The van der Waals surface area contributed by atoms with Crippen LogP contribution in [0, 0.1) is 11.3 Å². The summed E-state index contributed by atoms with van der Waals surface area (Å²) in [6, 6.07) is 8.07. The number of ether oxygens (including phenoxy) is 3. The van der Waals surface area contributed by atoms with Gasteiger partial charge in [0.15, 0.2) is 11.5 Å². The molecule has 6 nitrogen and oxygen atoms in total. The van der Waals surface area contributed by atoms with E-state index in [-0.39, 0.29) is 17.1 Å². The average Bonchev–Trinajstić information content (AvgIpc) is 2.98. The third-order valence-electron chi connectivity index (χ3n) is 3.07. The van der Waals surface area contributed by atoms with Gasteiger partial charge in [0.1, 0.15) is 16.5 Å². The molecule has 0 aliphatic rings. The molecule has 1 aromatic heterocycles. The Kier molecular flexibility index (Phi) is 6.97. The van der Waals surface area contributed by atoms with Crippen molar-refractivity contribution in [2.24, 2.45) is 0 Å². The van der Waals surface area contributed by atoms with Gasteiger partial charge in [0.05, 0.1) is 18.0 Å². The number of rotatable bonds is 5. The van der Waals surface area contributed by atoms with E-state index in [2.05, 4.69) is 36.6 Å². The molecule has 0 N–H and O–H groups in total. The first kappa shape index (κ1) is 20.2. The number of nitriles is 1. The fourth-order valence-electron chi connectivity index (χ4n) is 1.87. The molecule has 0 amide bonds. The lowest BCUT2D eigenvalue weighted by atomic mass is 10.1. The zero-order chi connectivity index (χ0) is 19.3. The van der Waals surface area contributed by atoms with E-state index < -0.39 is 11.9 Å². The fraction of sp³-hybridized carbons (Fsp3) is 0.118. The standard InChI is InChI=1S/C17H11Br2NO5S/c1-23-13-6-9(5-10(8-20)16(21)24-2)3-4-12(13)25-17(22)14-7-11(18)15(19)26-14/h3-7H,1-2H3/b10-5+. The molecule has 0 unspecified atom stereocenters. The van der Waals surface area contributed by atoms with Gasteiger partial charge in [-0.15, -0.1) is 11.3 Å². The monoisotopic (exact) mass is 499 g/mol. The second-order valence-corrected chi connectivity index (χ2v) is 7.92. The van der Waals surface area contributed by atoms with E-state index in [9.17, 15) is 9.59 Å². The lowest BCUT2D eigenvalue weighted by molar-refractivity contribution is -0.135. The molecule has 2 rings (SSSR count). The highest BCUT2D eigenvalue weighted by Crippen LogP contribution is 2.34. The molecule has 0 saturated heterocycles. The minimum atomic E-state index is -0.740. The molecule has 0 radical (unpaired) electrons. The fourth-order valence-corrected chi connectivity index (χ4v) is 3.78. The van der Waals surface area contributed by atoms with Crippen LogP contribution in [0.3, 0.4) is 0 Å². The molecule has 0 aliphatic heterocycles. The van der Waals surface area contributed by atoms with Crippen LogP contribution >= 0.6 is 43.2 Å². The van der Waals surface area contributed by atoms with Gasteiger partial charge >= 0.3 is 11.9 Å². The summed E-state index contributed by atoms with van der Waals surface area (Å²) in [5, 5.41) is 9.01. The van der Waals surface area contributed by atoms with Crippen LogP contribution in [0.25, 0.3) is 6.08 Å². The normalized spacial score (nSPS) is 10.8. The molecule has 26 heavy (non-hydrogen) atoms. The number of methoxy groups -OCH3 is 2. The molecule has 1 heterocycles. The van der Waals surface area contributed by atoms with Crippen LogP contribution in [0.5, 0.6) is 11.5 Å². The van der Waals surface area contributed by atoms with Gasteiger partial charge in [0, 0.05) is 4.47 Å². The Balaban J connectivity index is 2.29. The molecule has 0 atom stereocenters. The van der Waals surface area contributed by atoms with Gasteiger partial charge in [0.25, 0.3) is 0 Å². The van der Waals surface area contributed by atoms with E-state index in [1.165, 1.54) is 37.7 Å². The molecule has 2 aromatic rings. The summed E-state index contributed by atoms with van der Waals surface area (Å²) in [5.74, 6) is -0.776. The SMILES string of the molecule is COC(=O)/C(C#N)=C/c1ccc(OC(=O)c2cc(Br)c(Br)s2)c(OC)c1. The predicted molar refractivity (Wildman–Crippen MR) is 103 cm³/mol. The Hall–Kier alpha value is -2.15. The van der Waals surface area contributed by atoms with Crippen LogP contribution in [0.4, 0.5) is 0 Å². The van der Waals surface area contributed by atoms with Gasteiger partial charge in [-0.1, -0.05) is 6.07 Å². The summed E-state index contributed by atoms with van der Waals surface area (Å²) in [7, 11) is 2.61. The maximum Gasteiger partial charge on any atom is 0.353 e. The maximum absolute atomic E-state index is 12.3. The number of carbonyl (C=O) groups is 2. The zero-order valence-corrected chi connectivity index (χ0v) is 17.5. The number of hydrogen-bond donors (Lipinski definition) is 0. The Morgan fingerprint density at radius 1 is 1.19 bits per heavy atom. The Bertz CT molecular complexity index is 910. The van der Waals surface area contributed by atoms with Crippen LogP contribution < -0.4 is 9.47 Å². The Labute approximate surface area is 170 Å². The van der Waals surface area contributed by atoms with Crippen molar-refractivity contribution < 1.29 is 23.8 Å². The van der Waals surface area contributed by atoms with Gasteiger partial charge in [-0.2, -0.15) is 5.26 Å². The van der Waals surface area contributed by atoms with Gasteiger partial charge in [-0.3, -0.25) is 0 Å². The zero-order valence-electron chi connectivity index (χ0n) is 13.5. The molecule has 134 valence electrons. The van der Waals surface area contributed by atoms with E-state index in [0.717, 1.165) is 8.26 Å². The summed E-state index contributed by atoms with van der Waals surface area (Å²) >= 11 is 7.87. The number of esters is 2. The van der Waals surface area contributed by atoms with Crippen LogP contribution in [0.15, 0.2) is 38.1 Å². The van der Waals surface area contributed by atoms with Crippen molar-refractivity contribution in [2.75, 3.05) is 14.2 Å². The minimum Gasteiger partial charge on any atom is -0.493 e. The third kappa shape index (κ3) is 4.72. The van der Waals surface area contributed by atoms with Crippen molar-refractivity contribution in [3.8, 4) is 17.6 Å². The van der Waals surface area contributed by atoms with Crippen LogP contribution in [-0.4, -0.2) is 26.2 Å². The number of halogens is 2. The summed E-state index contributed by atoms with van der Waals surface area (Å²) in [6.45, 7) is 0. The first-order chi connectivity index (χ1) is 12.4. The number of nitrogens with zero attached hydrogens (tertiary/aromatic N) is 1. The molecule has 0 bridgehead atoms. The maximum atomic E-state index is 12.3. The number of benzene rings is 1. The molecule has 0 spiro atoms. The number of carbonyl (C=O) groups excluding carboxylic acids is 2. The minimum absolute atomic E-state index is 0.160. The van der Waals surface area contributed by atoms with Gasteiger partial charge < -0.3 is 14.2 Å². The van der Waals surface area contributed by atoms with Crippen molar-refractivity contribution in [1.82, 2.24) is 0 Å². The van der Waals surface area contributed by atoms with Gasteiger partial charge in [0.2, 0.25) is 0 Å². The molecular formula is C17H11Br2NO5S. The predicted octanol–water partition coefficient (Wildman–Crippen LogP) is 4.58. The molecular weight excluding hydrogens is 490 g/mol. The lowest BCUT2D eigenvalue weighted by Crippen LogP contribution is -2.07. The van der Waals surface area contributed by atoms with Crippen molar-refractivity contribution in [3.05, 3.63) is 48.5 Å². The Morgan fingerprint density at radius 3 is 2.46 bits per heavy atom. The van der Waals surface area contributed by atoms with Crippen molar-refractivity contribution >= 4 is 61.2 Å². The highest BCUT2D eigenvalue weighted by Gasteiger charge is 2.17. The quantitative estimate of drug-likeness (QED) is 0.258. The average molecular weight is 501 g/mol.